The first-order valence-electron chi connectivity index (χ1n) is 13.4. The van der Waals surface area contributed by atoms with Crippen molar-refractivity contribution in [2.24, 2.45) is 0 Å². The summed E-state index contributed by atoms with van der Waals surface area (Å²) in [4.78, 5) is 81.3. The van der Waals surface area contributed by atoms with Gasteiger partial charge in [0.2, 0.25) is 0 Å². The third-order valence-electron chi connectivity index (χ3n) is 7.29. The number of benzene rings is 4. The standard InChI is InChI=1S/C34H18N2O10/c1-3-13-45-33(43)17-5-11-25(37)23(15-17)35-29(39)19-7-9-21-28-22(10-8-20(27(19)28)30(35)40)32(42)36(31(21)41)24-16-18(6-12-26(24)38)34(44)46-14-4-2/h5-12,15-16,37-38H,1-2H3. The molecule has 224 valence electrons. The molecule has 0 radical (unpaired) electrons. The lowest BCUT2D eigenvalue weighted by molar-refractivity contribution is 0.0681. The highest BCUT2D eigenvalue weighted by atomic mass is 16.5. The van der Waals surface area contributed by atoms with Crippen LogP contribution < -0.4 is 9.80 Å². The van der Waals surface area contributed by atoms with Crippen LogP contribution in [0.1, 0.15) is 76.0 Å². The van der Waals surface area contributed by atoms with Crippen LogP contribution in [0, 0.1) is 24.1 Å². The number of phenolic OH excluding ortho intramolecular Hbond substituents is 2. The molecule has 2 aliphatic heterocycles. The van der Waals surface area contributed by atoms with Gasteiger partial charge in [0, 0.05) is 46.9 Å². The molecule has 12 heteroatoms. The molecule has 0 spiro atoms. The summed E-state index contributed by atoms with van der Waals surface area (Å²) in [6.07, 6.45) is 4.31. The Hall–Kier alpha value is -6.92. The Morgan fingerprint density at radius 3 is 1.20 bits per heavy atom. The number of anilines is 2. The van der Waals surface area contributed by atoms with E-state index in [0.717, 1.165) is 24.3 Å². The van der Waals surface area contributed by atoms with Crippen LogP contribution in [0.15, 0.2) is 60.7 Å². The number of carbonyl (C=O) groups excluding carboxylic acids is 6. The molecule has 0 fully saturated rings. The summed E-state index contributed by atoms with van der Waals surface area (Å²) in [5, 5.41) is 21.3. The molecule has 6 rings (SSSR count). The van der Waals surface area contributed by atoms with Gasteiger partial charge in [-0.2, -0.15) is 0 Å². The summed E-state index contributed by atoms with van der Waals surface area (Å²) in [5.74, 6) is -1.49. The zero-order chi connectivity index (χ0) is 32.9. The van der Waals surface area contributed by atoms with Crippen molar-refractivity contribution in [1.82, 2.24) is 0 Å². The van der Waals surface area contributed by atoms with Gasteiger partial charge >= 0.3 is 11.9 Å². The molecule has 2 N–H and O–H groups in total. The molecule has 4 aromatic rings. The predicted octanol–water partition coefficient (Wildman–Crippen LogP) is 4.13. The first-order valence-corrected chi connectivity index (χ1v) is 13.4. The Balaban J connectivity index is 1.45. The molecular formula is C34H18N2O10. The number of aromatic hydroxyl groups is 2. The zero-order valence-corrected chi connectivity index (χ0v) is 23.8. The van der Waals surface area contributed by atoms with Crippen LogP contribution in [-0.4, -0.2) is 45.8 Å². The number of phenols is 2. The summed E-state index contributed by atoms with van der Waals surface area (Å²) in [5.41, 5.74) is -1.02. The fraction of sp³-hybridized carbons (Fsp3) is 0.0588. The van der Waals surface area contributed by atoms with Gasteiger partial charge in [0.15, 0.2) is 0 Å². The molecule has 0 saturated heterocycles. The molecule has 0 aliphatic carbocycles. The van der Waals surface area contributed by atoms with Crippen molar-refractivity contribution in [2.45, 2.75) is 13.8 Å². The van der Waals surface area contributed by atoms with E-state index in [1.54, 1.807) is 0 Å². The van der Waals surface area contributed by atoms with E-state index >= 15 is 0 Å². The fourth-order valence-corrected chi connectivity index (χ4v) is 5.28. The number of hydrogen-bond acceptors (Lipinski definition) is 10. The fourth-order valence-electron chi connectivity index (χ4n) is 5.28. The number of rotatable bonds is 4. The molecule has 12 nitrogen and oxygen atoms in total. The molecule has 0 aromatic heterocycles. The highest BCUT2D eigenvalue weighted by Gasteiger charge is 2.42. The van der Waals surface area contributed by atoms with Crippen LogP contribution in [-0.2, 0) is 9.47 Å². The van der Waals surface area contributed by atoms with Gasteiger partial charge in [-0.05, 0) is 60.7 Å². The molecule has 0 unspecified atom stereocenters. The minimum absolute atomic E-state index is 0.0376. The van der Waals surface area contributed by atoms with Crippen molar-refractivity contribution in [1.29, 1.82) is 0 Å². The molecule has 0 saturated carbocycles. The van der Waals surface area contributed by atoms with Gasteiger partial charge in [0.25, 0.3) is 23.6 Å². The largest absolute Gasteiger partial charge is 0.506 e. The summed E-state index contributed by atoms with van der Waals surface area (Å²) in [6.45, 7) is 2.91. The Bertz CT molecular complexity index is 2020. The minimum Gasteiger partial charge on any atom is -0.506 e. The van der Waals surface area contributed by atoms with Crippen LogP contribution in [0.2, 0.25) is 0 Å². The highest BCUT2D eigenvalue weighted by Crippen LogP contribution is 2.42. The van der Waals surface area contributed by atoms with E-state index in [1.165, 1.54) is 50.2 Å². The molecule has 4 aromatic carbocycles. The Morgan fingerprint density at radius 1 is 0.565 bits per heavy atom. The average molecular weight is 615 g/mol. The van der Waals surface area contributed by atoms with Crippen molar-refractivity contribution in [3.05, 3.63) is 94.0 Å². The molecule has 46 heavy (non-hydrogen) atoms. The molecule has 0 bridgehead atoms. The predicted molar refractivity (Wildman–Crippen MR) is 160 cm³/mol. The van der Waals surface area contributed by atoms with Crippen LogP contribution in [0.4, 0.5) is 11.4 Å². The summed E-state index contributed by atoms with van der Waals surface area (Å²) >= 11 is 0. The lowest BCUT2D eigenvalue weighted by atomic mass is 9.85. The zero-order valence-electron chi connectivity index (χ0n) is 23.8. The molecular weight excluding hydrogens is 596 g/mol. The van der Waals surface area contributed by atoms with Crippen LogP contribution in [0.5, 0.6) is 11.5 Å². The van der Waals surface area contributed by atoms with Gasteiger partial charge in [0.1, 0.15) is 23.7 Å². The van der Waals surface area contributed by atoms with Crippen molar-refractivity contribution in [2.75, 3.05) is 9.80 Å². The van der Waals surface area contributed by atoms with Crippen LogP contribution >= 0.6 is 0 Å². The maximum Gasteiger partial charge on any atom is 0.352 e. The second-order valence-electron chi connectivity index (χ2n) is 9.85. The van der Waals surface area contributed by atoms with E-state index < -0.39 is 47.1 Å². The molecule has 2 aliphatic rings. The number of esters is 2. The molecule has 2 heterocycles. The topological polar surface area (TPSA) is 168 Å². The lowest BCUT2D eigenvalue weighted by Gasteiger charge is -2.32. The highest BCUT2D eigenvalue weighted by molar-refractivity contribution is 6.42. The van der Waals surface area contributed by atoms with Gasteiger partial charge in [-0.25, -0.2) is 19.4 Å². The second-order valence-corrected chi connectivity index (χ2v) is 9.85. The van der Waals surface area contributed by atoms with Gasteiger partial charge in [-0.15, -0.1) is 0 Å². The Kier molecular flexibility index (Phi) is 6.96. The quantitative estimate of drug-likeness (QED) is 0.194. The maximum atomic E-state index is 13.8. The van der Waals surface area contributed by atoms with E-state index in [9.17, 15) is 39.0 Å². The first-order chi connectivity index (χ1) is 22.1. The second kappa shape index (κ2) is 11.0. The lowest BCUT2D eigenvalue weighted by Crippen LogP contribution is -2.43. The smallest absolute Gasteiger partial charge is 0.352 e. The number of hydrogen-bond donors (Lipinski definition) is 2. The monoisotopic (exact) mass is 614 g/mol. The Morgan fingerprint density at radius 2 is 0.891 bits per heavy atom. The normalized spacial score (nSPS) is 13.1. The number of ether oxygens (including phenoxy) is 2. The number of amides is 4. The average Bonchev–Trinajstić information content (AvgIpc) is 3.05. The van der Waals surface area contributed by atoms with E-state index in [-0.39, 0.29) is 55.5 Å². The van der Waals surface area contributed by atoms with Gasteiger partial charge in [0.05, 0.1) is 22.5 Å². The Labute approximate surface area is 259 Å². The summed E-state index contributed by atoms with van der Waals surface area (Å²) in [6, 6.07) is 12.1. The van der Waals surface area contributed by atoms with Crippen molar-refractivity contribution < 1.29 is 48.5 Å². The maximum absolute atomic E-state index is 13.8. The summed E-state index contributed by atoms with van der Waals surface area (Å²) < 4.78 is 9.56. The van der Waals surface area contributed by atoms with Gasteiger partial charge in [-0.3, -0.25) is 19.2 Å². The van der Waals surface area contributed by atoms with Crippen molar-refractivity contribution in [3.8, 4) is 35.6 Å². The van der Waals surface area contributed by atoms with E-state index in [0.29, 0.717) is 9.80 Å². The van der Waals surface area contributed by atoms with Crippen LogP contribution in [0.25, 0.3) is 10.8 Å². The molecule has 0 atom stereocenters. The van der Waals surface area contributed by atoms with Crippen molar-refractivity contribution >= 4 is 57.7 Å². The SMILES string of the molecule is CC#COC(=O)c1ccc(O)c(N2C(=O)c3ccc4c5c(ccc(c35)C2=O)C(=O)N(c2cc(C(=O)OC#CC)ccc2O)C4=O)c1. The van der Waals surface area contributed by atoms with Gasteiger partial charge in [-0.1, -0.05) is 11.8 Å². The van der Waals surface area contributed by atoms with Crippen molar-refractivity contribution in [3.63, 3.8) is 0 Å². The third kappa shape index (κ3) is 4.37. The number of carbonyl (C=O) groups is 6. The first kappa shape index (κ1) is 29.2. The third-order valence-corrected chi connectivity index (χ3v) is 7.29. The minimum atomic E-state index is -0.892. The molecule has 4 amide bonds. The van der Waals surface area contributed by atoms with Gasteiger partial charge < -0.3 is 19.7 Å². The number of imide groups is 2. The summed E-state index contributed by atoms with van der Waals surface area (Å²) in [7, 11) is 0. The number of nitrogens with zero attached hydrogens (tertiary/aromatic N) is 2. The van der Waals surface area contributed by atoms with E-state index in [2.05, 4.69) is 24.1 Å². The van der Waals surface area contributed by atoms with E-state index in [4.69, 9.17) is 9.47 Å². The van der Waals surface area contributed by atoms with Crippen LogP contribution in [0.3, 0.4) is 0 Å². The van der Waals surface area contributed by atoms with E-state index in [1.807, 2.05) is 0 Å².